The maximum atomic E-state index is 4.71. The van der Waals surface area contributed by atoms with Gasteiger partial charge in [-0.05, 0) is 60.5 Å². The molecule has 0 aliphatic heterocycles. The number of hydrogen-bond donors (Lipinski definition) is 0. The molecular formula is C32H52N2S3Sn2+2. The third-order valence-electron chi connectivity index (χ3n) is 5.99. The predicted molar refractivity (Wildman–Crippen MR) is 189 cm³/mol. The van der Waals surface area contributed by atoms with Crippen LogP contribution < -0.4 is 0 Å². The molecule has 39 heavy (non-hydrogen) atoms. The molecule has 2 nitrogen and oxygen atoms in total. The number of aromatic nitrogens is 2. The Morgan fingerprint density at radius 3 is 1.36 bits per heavy atom. The molecule has 1 aromatic carbocycles. The Morgan fingerprint density at radius 2 is 1.00 bits per heavy atom. The summed E-state index contributed by atoms with van der Waals surface area (Å²) < 4.78 is 9.42. The second-order valence-electron chi connectivity index (χ2n) is 11.5. The van der Waals surface area contributed by atoms with Crippen molar-refractivity contribution in [3.63, 3.8) is 0 Å². The van der Waals surface area contributed by atoms with Crippen molar-refractivity contribution in [2.24, 2.45) is 0 Å². The van der Waals surface area contributed by atoms with Gasteiger partial charge in [0, 0.05) is 23.3 Å². The van der Waals surface area contributed by atoms with Crippen LogP contribution in [-0.2, 0) is 12.8 Å². The monoisotopic (exact) mass is 800 g/mol. The van der Waals surface area contributed by atoms with E-state index in [9.17, 15) is 0 Å². The van der Waals surface area contributed by atoms with Gasteiger partial charge in [-0.25, -0.2) is 0 Å². The molecule has 2 radical (unpaired) electrons. The van der Waals surface area contributed by atoms with Crippen molar-refractivity contribution in [1.29, 1.82) is 0 Å². The van der Waals surface area contributed by atoms with Crippen LogP contribution in [0.1, 0.15) is 76.3 Å². The van der Waals surface area contributed by atoms with E-state index in [4.69, 9.17) is 8.75 Å². The van der Waals surface area contributed by atoms with E-state index in [-0.39, 0.29) is 0 Å². The van der Waals surface area contributed by atoms with Gasteiger partial charge in [0.05, 0.1) is 22.9 Å². The molecule has 0 amide bonds. The molecule has 0 spiro atoms. The minimum absolute atomic E-state index is 0.543. The molecular weight excluding hydrogens is 746 g/mol. The summed E-state index contributed by atoms with van der Waals surface area (Å²) in [6.07, 6.45) is 13.0. The number of rotatable bonds is 12. The standard InChI is InChI=1S/C26H32N2S3.6CH3.2Sn/c1-3-5-7-9-11-19-15-23(29-17-19)21-13-14-22(26-25(21)27-31-28-26)24-16-20(18-30-24)12-10-8-6-4-2;;;;;;;;/h13-18H,3-12H2,1-2H3;6*1H3;;/p+2. The maximum absolute atomic E-state index is 4.71. The minimum atomic E-state index is -0.543. The Labute approximate surface area is 265 Å². The van der Waals surface area contributed by atoms with Crippen LogP contribution in [0.3, 0.4) is 0 Å². The molecule has 0 aliphatic carbocycles. The molecule has 214 valence electrons. The summed E-state index contributed by atoms with van der Waals surface area (Å²) >= 11 is 2.86. The van der Waals surface area contributed by atoms with Crippen LogP contribution in [0, 0.1) is 0 Å². The normalized spacial score (nSPS) is 11.0. The fourth-order valence-corrected chi connectivity index (χ4v) is 6.88. The van der Waals surface area contributed by atoms with Gasteiger partial charge in [-0.15, -0.1) is 0 Å². The van der Waals surface area contributed by atoms with E-state index in [0.717, 1.165) is 11.0 Å². The first-order valence-electron chi connectivity index (χ1n) is 14.8. The summed E-state index contributed by atoms with van der Waals surface area (Å²) in [5, 5.41) is 4.77. The van der Waals surface area contributed by atoms with E-state index < -0.39 is 39.5 Å². The summed E-state index contributed by atoms with van der Waals surface area (Å²) in [5.41, 5.74) is 7.65. The molecule has 0 fully saturated rings. The predicted octanol–water partition coefficient (Wildman–Crippen LogP) is 11.6. The Bertz CT molecular complexity index is 1100. The van der Waals surface area contributed by atoms with Gasteiger partial charge in [0.25, 0.3) is 0 Å². The molecule has 0 bridgehead atoms. The number of unbranched alkanes of at least 4 members (excludes halogenated alkanes) is 6. The molecule has 0 N–H and O–H groups in total. The van der Waals surface area contributed by atoms with E-state index in [1.54, 1.807) is 0 Å². The van der Waals surface area contributed by atoms with E-state index in [2.05, 4.69) is 78.5 Å². The average molecular weight is 798 g/mol. The summed E-state index contributed by atoms with van der Waals surface area (Å²) in [4.78, 5) is 16.9. The van der Waals surface area contributed by atoms with E-state index in [0.29, 0.717) is 0 Å². The molecule has 4 rings (SSSR count). The topological polar surface area (TPSA) is 25.8 Å². The number of aryl methyl sites for hydroxylation is 2. The third-order valence-corrected chi connectivity index (χ3v) is 8.73. The molecule has 0 atom stereocenters. The molecule has 4 aromatic rings. The zero-order chi connectivity index (χ0) is 28.6. The van der Waals surface area contributed by atoms with E-state index >= 15 is 0 Å². The number of thiophene rings is 2. The summed E-state index contributed by atoms with van der Waals surface area (Å²) in [6.45, 7) is 4.54. The third kappa shape index (κ3) is 13.3. The van der Waals surface area contributed by atoms with Gasteiger partial charge in [0.15, 0.2) is 9.75 Å². The first-order chi connectivity index (χ1) is 18.8. The van der Waals surface area contributed by atoms with Gasteiger partial charge < -0.3 is 0 Å². The Morgan fingerprint density at radius 1 is 0.615 bits per heavy atom. The van der Waals surface area contributed by atoms with Gasteiger partial charge in [-0.2, -0.15) is 8.75 Å². The quantitative estimate of drug-likeness (QED) is 0.0811. The first kappa shape index (κ1) is 35.2. The summed E-state index contributed by atoms with van der Waals surface area (Å²) in [7, 11) is 0. The van der Waals surface area contributed by atoms with Crippen LogP contribution >= 0.6 is 34.4 Å². The van der Waals surface area contributed by atoms with Crippen molar-refractivity contribution < 1.29 is 0 Å². The summed E-state index contributed by atoms with van der Waals surface area (Å²) in [6, 6.07) is 9.34. The SMILES string of the molecule is CCCCCCc1c[sH+]c(-c2ccc(-c3cc(CCCCCC)c[sH+]3)c3nsnc23)c1.[CH3][Sn]([CH3])[CH3].[CH3][Sn]([CH3])[CH3]. The second-order valence-corrected chi connectivity index (χ2v) is 31.1. The molecule has 0 saturated carbocycles. The molecule has 0 aliphatic rings. The Kier molecular flexibility index (Phi) is 18.1. The second kappa shape index (κ2) is 20.0. The van der Waals surface area contributed by atoms with Crippen molar-refractivity contribution in [2.45, 2.75) is 108 Å². The molecule has 0 unspecified atom stereocenters. The van der Waals surface area contributed by atoms with Crippen LogP contribution in [0.5, 0.6) is 0 Å². The Hall–Kier alpha value is 0.0374. The van der Waals surface area contributed by atoms with Gasteiger partial charge in [-0.3, -0.25) is 0 Å². The van der Waals surface area contributed by atoms with Crippen molar-refractivity contribution >= 4 is 85.0 Å². The fraction of sp³-hybridized carbons (Fsp3) is 0.562. The zero-order valence-corrected chi connectivity index (χ0v) is 34.0. The first-order valence-corrected chi connectivity index (χ1v) is 34.6. The van der Waals surface area contributed by atoms with Gasteiger partial charge in [0.2, 0.25) is 0 Å². The van der Waals surface area contributed by atoms with Crippen molar-refractivity contribution in [1.82, 2.24) is 8.75 Å². The van der Waals surface area contributed by atoms with E-state index in [1.165, 1.54) is 131 Å². The zero-order valence-electron chi connectivity index (χ0n) is 25.7. The van der Waals surface area contributed by atoms with Crippen LogP contribution in [0.15, 0.2) is 35.0 Å². The molecule has 3 aromatic heterocycles. The number of fused-ring (bicyclic) bond motifs is 1. The van der Waals surface area contributed by atoms with Crippen LogP contribution in [-0.4, -0.2) is 48.3 Å². The van der Waals surface area contributed by atoms with E-state index in [1.807, 2.05) is 0 Å². The van der Waals surface area contributed by atoms with Gasteiger partial charge in [-0.1, -0.05) is 52.4 Å². The fourth-order valence-electron chi connectivity index (χ4n) is 4.16. The van der Waals surface area contributed by atoms with Crippen LogP contribution in [0.25, 0.3) is 31.9 Å². The molecule has 0 saturated heterocycles. The van der Waals surface area contributed by atoms with Crippen molar-refractivity contribution in [3.8, 4) is 20.9 Å². The van der Waals surface area contributed by atoms with Gasteiger partial charge in [0.1, 0.15) is 21.8 Å². The van der Waals surface area contributed by atoms with Crippen molar-refractivity contribution in [2.75, 3.05) is 0 Å². The summed E-state index contributed by atoms with van der Waals surface area (Å²) in [5.74, 6) is 0. The Balaban J connectivity index is 0.000000590. The molecule has 7 heteroatoms. The number of nitrogens with zero attached hydrogens (tertiary/aromatic N) is 2. The van der Waals surface area contributed by atoms with Crippen molar-refractivity contribution in [3.05, 3.63) is 46.2 Å². The van der Waals surface area contributed by atoms with Crippen LogP contribution in [0.4, 0.5) is 0 Å². The average Bonchev–Trinajstić information content (AvgIpc) is 3.64. The number of hydrogen-bond acceptors (Lipinski definition) is 3. The van der Waals surface area contributed by atoms with Gasteiger partial charge >= 0.3 is 69.2 Å². The number of benzene rings is 1. The molecule has 3 heterocycles. The van der Waals surface area contributed by atoms with Crippen LogP contribution in [0.2, 0.25) is 29.6 Å².